The molecule has 3 aromatic rings. The van der Waals surface area contributed by atoms with Crippen LogP contribution < -0.4 is 21.5 Å². The molecule has 1 aliphatic heterocycles. The van der Waals surface area contributed by atoms with Gasteiger partial charge in [-0.25, -0.2) is 4.98 Å². The number of nitrogens with zero attached hydrogens (tertiary/aromatic N) is 2. The van der Waals surface area contributed by atoms with Crippen molar-refractivity contribution in [3.63, 3.8) is 0 Å². The van der Waals surface area contributed by atoms with Crippen molar-refractivity contribution >= 4 is 39.3 Å². The van der Waals surface area contributed by atoms with Crippen molar-refractivity contribution in [1.29, 1.82) is 0 Å². The number of carbonyl (C=O) groups is 2. The quantitative estimate of drug-likeness (QED) is 0.575. The van der Waals surface area contributed by atoms with E-state index >= 15 is 0 Å². The molecule has 0 unspecified atom stereocenters. The Kier molecular flexibility index (Phi) is 5.54. The zero-order chi connectivity index (χ0) is 21.3. The molecule has 0 bridgehead atoms. The fourth-order valence-corrected chi connectivity index (χ4v) is 4.61. The Bertz CT molecular complexity index is 1150. The molecule has 156 valence electrons. The number of rotatable bonds is 5. The third kappa shape index (κ3) is 4.06. The molecule has 30 heavy (non-hydrogen) atoms. The SMILES string of the molecule is Cc1ccc(-c2csc3c(=O)[nH]c(N4CCC[C@H](C(=O)NCC(N)=O)C4)nc23)cc1. The maximum Gasteiger partial charge on any atom is 0.270 e. The fraction of sp³-hybridized carbons (Fsp3) is 0.333. The van der Waals surface area contributed by atoms with Gasteiger partial charge in [0, 0.05) is 24.0 Å². The minimum absolute atomic E-state index is 0.175. The number of hydrogen-bond acceptors (Lipinski definition) is 6. The molecule has 0 aliphatic carbocycles. The molecule has 0 radical (unpaired) electrons. The molecule has 1 atom stereocenters. The van der Waals surface area contributed by atoms with Gasteiger partial charge in [0.25, 0.3) is 5.56 Å². The first-order valence-corrected chi connectivity index (χ1v) is 10.7. The normalized spacial score (nSPS) is 16.6. The van der Waals surface area contributed by atoms with E-state index in [2.05, 4.69) is 10.3 Å². The first kappa shape index (κ1) is 20.1. The second-order valence-electron chi connectivity index (χ2n) is 7.55. The molecule has 4 rings (SSSR count). The molecule has 1 aliphatic rings. The highest BCUT2D eigenvalue weighted by Gasteiger charge is 2.27. The molecule has 0 spiro atoms. The number of aromatic amines is 1. The smallest absolute Gasteiger partial charge is 0.270 e. The Morgan fingerprint density at radius 3 is 2.83 bits per heavy atom. The van der Waals surface area contributed by atoms with Crippen LogP contribution >= 0.6 is 11.3 Å². The third-order valence-electron chi connectivity index (χ3n) is 5.31. The predicted octanol–water partition coefficient (Wildman–Crippen LogP) is 1.78. The number of piperidine rings is 1. The zero-order valence-corrected chi connectivity index (χ0v) is 17.4. The van der Waals surface area contributed by atoms with E-state index < -0.39 is 5.91 Å². The second kappa shape index (κ2) is 8.27. The number of anilines is 1. The van der Waals surface area contributed by atoms with Gasteiger partial charge in [0.15, 0.2) is 0 Å². The van der Waals surface area contributed by atoms with Crippen LogP contribution in [0.15, 0.2) is 34.4 Å². The van der Waals surface area contributed by atoms with E-state index in [0.29, 0.717) is 35.7 Å². The molecule has 1 saturated heterocycles. The summed E-state index contributed by atoms with van der Waals surface area (Å²) < 4.78 is 0.585. The van der Waals surface area contributed by atoms with Crippen LogP contribution in [-0.4, -0.2) is 41.4 Å². The number of nitrogens with two attached hydrogens (primary N) is 1. The molecular weight excluding hydrogens is 402 g/mol. The van der Waals surface area contributed by atoms with Crippen LogP contribution in [0.1, 0.15) is 18.4 Å². The highest BCUT2D eigenvalue weighted by Crippen LogP contribution is 2.32. The second-order valence-corrected chi connectivity index (χ2v) is 8.43. The summed E-state index contributed by atoms with van der Waals surface area (Å²) in [5, 5.41) is 4.52. The van der Waals surface area contributed by atoms with Gasteiger partial charge in [0.05, 0.1) is 18.0 Å². The van der Waals surface area contributed by atoms with Crippen LogP contribution in [0.5, 0.6) is 0 Å². The average Bonchev–Trinajstić information content (AvgIpc) is 3.17. The molecular formula is C21H23N5O3S. The molecule has 4 N–H and O–H groups in total. The zero-order valence-electron chi connectivity index (χ0n) is 16.6. The molecule has 8 nitrogen and oxygen atoms in total. The van der Waals surface area contributed by atoms with E-state index in [1.807, 2.05) is 41.5 Å². The first-order chi connectivity index (χ1) is 14.4. The summed E-state index contributed by atoms with van der Waals surface area (Å²) in [6.07, 6.45) is 1.49. The van der Waals surface area contributed by atoms with Gasteiger partial charge in [-0.05, 0) is 25.3 Å². The van der Waals surface area contributed by atoms with Crippen molar-refractivity contribution in [2.24, 2.45) is 11.7 Å². The Morgan fingerprint density at radius 2 is 2.10 bits per heavy atom. The van der Waals surface area contributed by atoms with E-state index in [0.717, 1.165) is 17.5 Å². The monoisotopic (exact) mass is 425 g/mol. The molecule has 9 heteroatoms. The van der Waals surface area contributed by atoms with E-state index in [4.69, 9.17) is 10.7 Å². The highest BCUT2D eigenvalue weighted by atomic mass is 32.1. The molecule has 3 heterocycles. The van der Waals surface area contributed by atoms with E-state index in [1.54, 1.807) is 0 Å². The summed E-state index contributed by atoms with van der Waals surface area (Å²) in [6, 6.07) is 8.12. The lowest BCUT2D eigenvalue weighted by Gasteiger charge is -2.32. The van der Waals surface area contributed by atoms with E-state index in [9.17, 15) is 14.4 Å². The van der Waals surface area contributed by atoms with Crippen LogP contribution in [0.3, 0.4) is 0 Å². The topological polar surface area (TPSA) is 121 Å². The number of benzene rings is 1. The van der Waals surface area contributed by atoms with Crippen LogP contribution in [0.2, 0.25) is 0 Å². The lowest BCUT2D eigenvalue weighted by molar-refractivity contribution is -0.127. The number of nitrogens with one attached hydrogen (secondary N) is 2. The Balaban J connectivity index is 1.63. The Labute approximate surface area is 177 Å². The summed E-state index contributed by atoms with van der Waals surface area (Å²) in [5.41, 5.74) is 8.70. The van der Waals surface area contributed by atoms with Gasteiger partial charge in [-0.3, -0.25) is 19.4 Å². The summed E-state index contributed by atoms with van der Waals surface area (Å²) in [6.45, 7) is 2.97. The van der Waals surface area contributed by atoms with Crippen LogP contribution in [0.4, 0.5) is 5.95 Å². The van der Waals surface area contributed by atoms with Crippen molar-refractivity contribution in [1.82, 2.24) is 15.3 Å². The maximum atomic E-state index is 12.7. The van der Waals surface area contributed by atoms with Crippen molar-refractivity contribution in [2.75, 3.05) is 24.5 Å². The number of amides is 2. The summed E-state index contributed by atoms with van der Waals surface area (Å²) in [7, 11) is 0. The molecule has 0 saturated carbocycles. The highest BCUT2D eigenvalue weighted by molar-refractivity contribution is 7.17. The van der Waals surface area contributed by atoms with Crippen molar-refractivity contribution in [3.8, 4) is 11.1 Å². The number of primary amides is 1. The molecule has 1 aromatic carbocycles. The van der Waals surface area contributed by atoms with Gasteiger partial charge >= 0.3 is 0 Å². The van der Waals surface area contributed by atoms with Gasteiger partial charge in [-0.15, -0.1) is 11.3 Å². The van der Waals surface area contributed by atoms with Crippen LogP contribution in [-0.2, 0) is 9.59 Å². The van der Waals surface area contributed by atoms with Gasteiger partial charge in [-0.2, -0.15) is 0 Å². The molecule has 2 aromatic heterocycles. The minimum atomic E-state index is -0.575. The minimum Gasteiger partial charge on any atom is -0.368 e. The van der Waals surface area contributed by atoms with Crippen LogP contribution in [0, 0.1) is 12.8 Å². The van der Waals surface area contributed by atoms with E-state index in [-0.39, 0.29) is 23.9 Å². The van der Waals surface area contributed by atoms with Gasteiger partial charge < -0.3 is 16.0 Å². The predicted molar refractivity (Wildman–Crippen MR) is 118 cm³/mol. The standard InChI is InChI=1S/C21H23N5O3S/c1-12-4-6-13(7-5-12)15-11-30-18-17(15)24-21(25-20(18)29)26-8-2-3-14(10-26)19(28)23-9-16(22)27/h4-7,11,14H,2-3,8-10H2,1H3,(H2,22,27)(H,23,28)(H,24,25,29)/t14-/m0/s1. The van der Waals surface area contributed by atoms with Crippen LogP contribution in [0.25, 0.3) is 21.3 Å². The average molecular weight is 426 g/mol. The Hall–Kier alpha value is -3.20. The fourth-order valence-electron chi connectivity index (χ4n) is 3.71. The summed E-state index contributed by atoms with van der Waals surface area (Å²) in [4.78, 5) is 45.5. The van der Waals surface area contributed by atoms with Gasteiger partial charge in [0.1, 0.15) is 4.70 Å². The van der Waals surface area contributed by atoms with Crippen molar-refractivity contribution in [3.05, 3.63) is 45.6 Å². The lowest BCUT2D eigenvalue weighted by Crippen LogP contribution is -2.45. The summed E-state index contributed by atoms with van der Waals surface area (Å²) in [5.74, 6) is -0.615. The number of fused-ring (bicyclic) bond motifs is 1. The number of thiophene rings is 1. The van der Waals surface area contributed by atoms with Crippen molar-refractivity contribution < 1.29 is 9.59 Å². The lowest BCUT2D eigenvalue weighted by atomic mass is 9.97. The third-order valence-corrected chi connectivity index (χ3v) is 6.27. The largest absolute Gasteiger partial charge is 0.368 e. The number of hydrogen-bond donors (Lipinski definition) is 3. The number of carbonyl (C=O) groups excluding carboxylic acids is 2. The number of H-pyrrole nitrogens is 1. The van der Waals surface area contributed by atoms with E-state index in [1.165, 1.54) is 16.9 Å². The van der Waals surface area contributed by atoms with Gasteiger partial charge in [0.2, 0.25) is 17.8 Å². The number of aryl methyl sites for hydroxylation is 1. The molecule has 2 amide bonds. The maximum absolute atomic E-state index is 12.7. The number of aromatic nitrogens is 2. The summed E-state index contributed by atoms with van der Waals surface area (Å²) >= 11 is 1.38. The molecule has 1 fully saturated rings. The Morgan fingerprint density at radius 1 is 1.33 bits per heavy atom. The van der Waals surface area contributed by atoms with Gasteiger partial charge in [-0.1, -0.05) is 29.8 Å². The first-order valence-electron chi connectivity index (χ1n) is 9.82. The van der Waals surface area contributed by atoms with Crippen molar-refractivity contribution in [2.45, 2.75) is 19.8 Å².